The van der Waals surface area contributed by atoms with Crippen LogP contribution < -0.4 is 0 Å². The molecule has 0 unspecified atom stereocenters. The SMILES string of the molecule is Br.Br.Br.[HH].c1ccncc1. The Labute approximate surface area is 87.7 Å². The molecule has 56 valence electrons. The van der Waals surface area contributed by atoms with Gasteiger partial charge >= 0.3 is 0 Å². The highest BCUT2D eigenvalue weighted by atomic mass is 79.9. The molecule has 0 aliphatic heterocycles. The Kier molecular flexibility index (Phi) is 20.6. The van der Waals surface area contributed by atoms with E-state index in [1.807, 2.05) is 18.2 Å². The highest BCUT2D eigenvalue weighted by Crippen LogP contribution is 1.73. The summed E-state index contributed by atoms with van der Waals surface area (Å²) in [5.41, 5.74) is 0. The van der Waals surface area contributed by atoms with E-state index in [0.29, 0.717) is 0 Å². The molecule has 0 aromatic carbocycles. The lowest BCUT2D eigenvalue weighted by atomic mass is 10.5. The van der Waals surface area contributed by atoms with Gasteiger partial charge in [-0.1, -0.05) is 6.07 Å². The van der Waals surface area contributed by atoms with Crippen molar-refractivity contribution in [3.63, 3.8) is 0 Å². The summed E-state index contributed by atoms with van der Waals surface area (Å²) in [6.45, 7) is 0. The molecule has 1 heterocycles. The van der Waals surface area contributed by atoms with Gasteiger partial charge in [-0.3, -0.25) is 4.98 Å². The summed E-state index contributed by atoms with van der Waals surface area (Å²) < 4.78 is 0. The summed E-state index contributed by atoms with van der Waals surface area (Å²) in [5.74, 6) is 0. The van der Waals surface area contributed by atoms with Crippen molar-refractivity contribution in [1.82, 2.24) is 4.98 Å². The maximum Gasteiger partial charge on any atom is 0.0267 e. The van der Waals surface area contributed by atoms with Crippen LogP contribution in [0.1, 0.15) is 1.43 Å². The number of hydrogen-bond donors (Lipinski definition) is 0. The van der Waals surface area contributed by atoms with E-state index in [2.05, 4.69) is 4.98 Å². The zero-order valence-electron chi connectivity index (χ0n) is 4.56. The van der Waals surface area contributed by atoms with Crippen LogP contribution in [0.3, 0.4) is 0 Å². The molecule has 0 radical (unpaired) electrons. The predicted octanol–water partition coefficient (Wildman–Crippen LogP) is 3.06. The van der Waals surface area contributed by atoms with Crippen molar-refractivity contribution in [2.75, 3.05) is 0 Å². The molecule has 0 N–H and O–H groups in total. The van der Waals surface area contributed by atoms with Gasteiger partial charge in [-0.2, -0.15) is 0 Å². The first kappa shape index (κ1) is 16.3. The second-order valence-electron chi connectivity index (χ2n) is 1.02. The Balaban J connectivity index is -0.0000000450. The van der Waals surface area contributed by atoms with Crippen molar-refractivity contribution in [3.05, 3.63) is 30.6 Å². The number of pyridine rings is 1. The maximum atomic E-state index is 3.78. The maximum absolute atomic E-state index is 3.78. The van der Waals surface area contributed by atoms with Crippen LogP contribution in [0, 0.1) is 0 Å². The summed E-state index contributed by atoms with van der Waals surface area (Å²) >= 11 is 0. The van der Waals surface area contributed by atoms with Gasteiger partial charge in [0.05, 0.1) is 0 Å². The highest BCUT2D eigenvalue weighted by Gasteiger charge is 1.58. The number of hydrogen-bond acceptors (Lipinski definition) is 1. The summed E-state index contributed by atoms with van der Waals surface area (Å²) in [6, 6.07) is 5.72. The lowest BCUT2D eigenvalue weighted by molar-refractivity contribution is 1.33. The van der Waals surface area contributed by atoms with Crippen LogP contribution in [0.4, 0.5) is 0 Å². The third kappa shape index (κ3) is 8.59. The zero-order valence-corrected chi connectivity index (χ0v) is 9.70. The monoisotopic (exact) mass is 321 g/mol. The van der Waals surface area contributed by atoms with Gasteiger partial charge < -0.3 is 0 Å². The smallest absolute Gasteiger partial charge is 0.0267 e. The summed E-state index contributed by atoms with van der Waals surface area (Å²) in [5, 5.41) is 0. The molecule has 9 heavy (non-hydrogen) atoms. The number of aromatic nitrogens is 1. The van der Waals surface area contributed by atoms with Crippen molar-refractivity contribution in [2.45, 2.75) is 0 Å². The lowest BCUT2D eigenvalue weighted by Crippen LogP contribution is -1.58. The van der Waals surface area contributed by atoms with Gasteiger partial charge in [0.2, 0.25) is 0 Å². The molecular formula is C5H10Br3N. The van der Waals surface area contributed by atoms with Crippen LogP contribution in [-0.2, 0) is 0 Å². The van der Waals surface area contributed by atoms with E-state index in [-0.39, 0.29) is 52.4 Å². The van der Waals surface area contributed by atoms with Crippen LogP contribution in [0.5, 0.6) is 0 Å². The second-order valence-corrected chi connectivity index (χ2v) is 1.02. The molecule has 1 aromatic rings. The number of rotatable bonds is 0. The number of nitrogens with zero attached hydrogens (tertiary/aromatic N) is 1. The molecule has 0 saturated heterocycles. The third-order valence-electron chi connectivity index (χ3n) is 0.566. The van der Waals surface area contributed by atoms with Crippen LogP contribution >= 0.6 is 50.9 Å². The molecule has 0 fully saturated rings. The lowest BCUT2D eigenvalue weighted by Gasteiger charge is -1.70. The molecule has 4 heteroatoms. The standard InChI is InChI=1S/C5H5N.3BrH.H2/c1-2-4-6-5-3-1;;;;/h1-5H;4*1H. The van der Waals surface area contributed by atoms with E-state index in [1.165, 1.54) is 0 Å². The van der Waals surface area contributed by atoms with Gasteiger partial charge in [0.15, 0.2) is 0 Å². The van der Waals surface area contributed by atoms with E-state index in [0.717, 1.165) is 0 Å². The Morgan fingerprint density at radius 2 is 1.22 bits per heavy atom. The minimum atomic E-state index is 0. The van der Waals surface area contributed by atoms with Gasteiger partial charge in [0.25, 0.3) is 0 Å². The fraction of sp³-hybridized carbons (Fsp3) is 0. The fourth-order valence-electron chi connectivity index (χ4n) is 0.313. The molecule has 1 nitrogen and oxygen atoms in total. The van der Waals surface area contributed by atoms with Gasteiger partial charge in [-0.15, -0.1) is 50.9 Å². The van der Waals surface area contributed by atoms with E-state index < -0.39 is 0 Å². The van der Waals surface area contributed by atoms with Gasteiger partial charge in [-0.25, -0.2) is 0 Å². The van der Waals surface area contributed by atoms with Crippen molar-refractivity contribution in [2.24, 2.45) is 0 Å². The van der Waals surface area contributed by atoms with E-state index in [9.17, 15) is 0 Å². The zero-order chi connectivity index (χ0) is 4.24. The van der Waals surface area contributed by atoms with Gasteiger partial charge in [0.1, 0.15) is 0 Å². The molecule has 0 atom stereocenters. The molecular weight excluding hydrogens is 314 g/mol. The van der Waals surface area contributed by atoms with Crippen LogP contribution in [-0.4, -0.2) is 4.98 Å². The first-order valence-electron chi connectivity index (χ1n) is 1.85. The largest absolute Gasteiger partial charge is 0.265 e. The Morgan fingerprint density at radius 1 is 0.778 bits per heavy atom. The summed E-state index contributed by atoms with van der Waals surface area (Å²) in [7, 11) is 0. The summed E-state index contributed by atoms with van der Waals surface area (Å²) in [4.78, 5) is 3.78. The topological polar surface area (TPSA) is 12.9 Å². The molecule has 0 aliphatic carbocycles. The average molecular weight is 324 g/mol. The van der Waals surface area contributed by atoms with E-state index in [4.69, 9.17) is 0 Å². The minimum absolute atomic E-state index is 0. The van der Waals surface area contributed by atoms with E-state index in [1.54, 1.807) is 12.4 Å². The normalized spacial score (nSPS) is 5.33. The molecule has 0 saturated carbocycles. The van der Waals surface area contributed by atoms with Crippen molar-refractivity contribution >= 4 is 50.9 Å². The molecule has 0 bridgehead atoms. The van der Waals surface area contributed by atoms with Crippen LogP contribution in [0.15, 0.2) is 30.6 Å². The van der Waals surface area contributed by atoms with Crippen LogP contribution in [0.2, 0.25) is 0 Å². The Morgan fingerprint density at radius 3 is 1.33 bits per heavy atom. The molecule has 1 rings (SSSR count). The summed E-state index contributed by atoms with van der Waals surface area (Å²) in [6.07, 6.45) is 3.50. The second kappa shape index (κ2) is 11.4. The third-order valence-corrected chi connectivity index (χ3v) is 0.566. The molecule has 0 aliphatic rings. The average Bonchev–Trinajstić information content (AvgIpc) is 1.72. The van der Waals surface area contributed by atoms with Crippen molar-refractivity contribution in [3.8, 4) is 0 Å². The van der Waals surface area contributed by atoms with Gasteiger partial charge in [-0.05, 0) is 12.1 Å². The first-order chi connectivity index (χ1) is 3.00. The molecule has 1 aromatic heterocycles. The molecule has 0 spiro atoms. The van der Waals surface area contributed by atoms with Crippen molar-refractivity contribution in [1.29, 1.82) is 0 Å². The van der Waals surface area contributed by atoms with Crippen LogP contribution in [0.25, 0.3) is 0 Å². The van der Waals surface area contributed by atoms with E-state index >= 15 is 0 Å². The first-order valence-corrected chi connectivity index (χ1v) is 1.85. The Hall–Kier alpha value is 0.590. The molecule has 0 amide bonds. The quantitative estimate of drug-likeness (QED) is 0.715. The Bertz CT molecular complexity index is 88.8. The highest BCUT2D eigenvalue weighted by molar-refractivity contribution is 8.93. The minimum Gasteiger partial charge on any atom is -0.265 e. The predicted molar refractivity (Wildman–Crippen MR) is 57.3 cm³/mol. The fourth-order valence-corrected chi connectivity index (χ4v) is 0.313. The van der Waals surface area contributed by atoms with Crippen molar-refractivity contribution < 1.29 is 1.43 Å². The van der Waals surface area contributed by atoms with Gasteiger partial charge in [0, 0.05) is 13.8 Å². The number of halogens is 3.